The fourth-order valence-corrected chi connectivity index (χ4v) is 4.62. The van der Waals surface area contributed by atoms with Crippen molar-refractivity contribution >= 4 is 61.5 Å². The highest BCUT2D eigenvalue weighted by Gasteiger charge is 2.19. The number of hydrogen-bond donors (Lipinski definition) is 1. The Morgan fingerprint density at radius 1 is 0.962 bits per heavy atom. The Balaban J connectivity index is 2.27. The van der Waals surface area contributed by atoms with Gasteiger partial charge in [-0.05, 0) is 55.3 Å². The molecule has 0 aromatic heterocycles. The number of nitrogens with zero attached hydrogens (tertiary/aromatic N) is 1. The summed E-state index contributed by atoms with van der Waals surface area (Å²) in [5.41, 5.74) is 0.503. The molecule has 0 aliphatic heterocycles. The molecule has 0 bridgehead atoms. The van der Waals surface area contributed by atoms with Gasteiger partial charge in [0.2, 0.25) is 10.0 Å². The number of unbranched alkanes of at least 4 members (excludes halogenated alkanes) is 1. The smallest absolute Gasteiger partial charge is 0.209 e. The molecule has 5 nitrogen and oxygen atoms in total. The molecule has 10 heteroatoms. The number of benzene rings is 2. The first-order valence-corrected chi connectivity index (χ1v) is 11.5. The third-order valence-corrected chi connectivity index (χ3v) is 6.55. The molecule has 1 unspecified atom stereocenters. The van der Waals surface area contributed by atoms with E-state index < -0.39 is 21.0 Å². The summed E-state index contributed by atoms with van der Waals surface area (Å²) in [5, 5.41) is 6.40. The zero-order valence-electron chi connectivity index (χ0n) is 13.6. The maximum atomic E-state index is 13.1. The van der Waals surface area contributed by atoms with Crippen LogP contribution in [-0.4, -0.2) is 24.9 Å². The number of primary sulfonamides is 1. The third-order valence-electron chi connectivity index (χ3n) is 3.43. The molecule has 1 atom stereocenters. The summed E-state index contributed by atoms with van der Waals surface area (Å²) in [6.07, 6.45) is 0.796. The van der Waals surface area contributed by atoms with Crippen molar-refractivity contribution in [2.75, 3.05) is 16.6 Å². The molecule has 2 aromatic carbocycles. The topological polar surface area (TPSA) is 80.5 Å². The van der Waals surface area contributed by atoms with E-state index in [4.69, 9.17) is 39.9 Å². The summed E-state index contributed by atoms with van der Waals surface area (Å²) in [7, 11) is -5.11. The molecule has 26 heavy (non-hydrogen) atoms. The minimum Gasteiger partial charge on any atom is -0.286 e. The standard InChI is InChI=1S/C16H17Cl3N2O3S2/c17-12-3-6-14(7-4-12)25(22)21(9-1-2-10-26(20,23)24)16-11-13(18)5-8-15(16)19/h3-8,11H,1-2,9-10H2,(H2,20,23,24). The van der Waals surface area contributed by atoms with Gasteiger partial charge in [0.05, 0.1) is 21.4 Å². The highest BCUT2D eigenvalue weighted by molar-refractivity contribution is 7.89. The Labute approximate surface area is 170 Å². The lowest BCUT2D eigenvalue weighted by molar-refractivity contribution is 0.593. The highest BCUT2D eigenvalue weighted by Crippen LogP contribution is 2.32. The minimum absolute atomic E-state index is 0.141. The van der Waals surface area contributed by atoms with Crippen LogP contribution in [0.3, 0.4) is 0 Å². The average molecular weight is 456 g/mol. The molecule has 0 aliphatic rings. The van der Waals surface area contributed by atoms with Crippen LogP contribution in [0.5, 0.6) is 0 Å². The van der Waals surface area contributed by atoms with Crippen LogP contribution in [0.25, 0.3) is 0 Å². The van der Waals surface area contributed by atoms with Gasteiger partial charge in [-0.1, -0.05) is 34.8 Å². The van der Waals surface area contributed by atoms with Gasteiger partial charge in [0.25, 0.3) is 0 Å². The van der Waals surface area contributed by atoms with E-state index in [-0.39, 0.29) is 5.75 Å². The molecule has 0 amide bonds. The first-order valence-electron chi connectivity index (χ1n) is 7.58. The fourth-order valence-electron chi connectivity index (χ4n) is 2.21. The van der Waals surface area contributed by atoms with Crippen molar-refractivity contribution in [1.29, 1.82) is 0 Å². The number of halogens is 3. The van der Waals surface area contributed by atoms with Crippen molar-refractivity contribution in [3.05, 3.63) is 57.5 Å². The number of nitrogens with two attached hydrogens (primary N) is 1. The lowest BCUT2D eigenvalue weighted by Gasteiger charge is -2.24. The van der Waals surface area contributed by atoms with E-state index in [0.29, 0.717) is 45.0 Å². The van der Waals surface area contributed by atoms with E-state index in [1.807, 2.05) is 0 Å². The molecule has 0 heterocycles. The van der Waals surface area contributed by atoms with Crippen LogP contribution >= 0.6 is 34.8 Å². The van der Waals surface area contributed by atoms with E-state index in [1.54, 1.807) is 46.8 Å². The Morgan fingerprint density at radius 3 is 2.19 bits per heavy atom. The number of hydrogen-bond acceptors (Lipinski definition) is 3. The molecule has 0 saturated heterocycles. The lowest BCUT2D eigenvalue weighted by Crippen LogP contribution is -2.28. The van der Waals surface area contributed by atoms with Crippen LogP contribution in [0.1, 0.15) is 12.8 Å². The van der Waals surface area contributed by atoms with Gasteiger partial charge in [-0.2, -0.15) is 0 Å². The Morgan fingerprint density at radius 2 is 1.58 bits per heavy atom. The van der Waals surface area contributed by atoms with Crippen molar-refractivity contribution in [2.24, 2.45) is 5.14 Å². The Kier molecular flexibility index (Phi) is 7.76. The van der Waals surface area contributed by atoms with Crippen molar-refractivity contribution in [1.82, 2.24) is 0 Å². The molecule has 142 valence electrons. The molecule has 0 fully saturated rings. The van der Waals surface area contributed by atoms with Gasteiger partial charge in [0, 0.05) is 16.6 Å². The number of sulfonamides is 1. The SMILES string of the molecule is NS(=O)(=O)CCCCN(c1cc(Cl)ccc1Cl)S(=O)c1ccc(Cl)cc1. The second-order valence-corrected chi connectivity index (χ2v) is 9.90. The Hall–Kier alpha value is -0.830. The second kappa shape index (κ2) is 9.39. The summed E-state index contributed by atoms with van der Waals surface area (Å²) >= 11 is 18.2. The summed E-state index contributed by atoms with van der Waals surface area (Å²) in [6, 6.07) is 11.5. The summed E-state index contributed by atoms with van der Waals surface area (Å²) in [5.74, 6) is -0.141. The Bertz CT molecular complexity index is 890. The average Bonchev–Trinajstić information content (AvgIpc) is 2.57. The van der Waals surface area contributed by atoms with Crippen molar-refractivity contribution in [2.45, 2.75) is 17.7 Å². The highest BCUT2D eigenvalue weighted by atomic mass is 35.5. The first-order chi connectivity index (χ1) is 12.2. The van der Waals surface area contributed by atoms with Crippen molar-refractivity contribution in [3.63, 3.8) is 0 Å². The molecular weight excluding hydrogens is 439 g/mol. The predicted octanol–water partition coefficient (Wildman–Crippen LogP) is 4.24. The van der Waals surface area contributed by atoms with Crippen molar-refractivity contribution in [3.8, 4) is 0 Å². The third kappa shape index (κ3) is 6.40. The van der Waals surface area contributed by atoms with Crippen LogP contribution in [-0.2, 0) is 21.0 Å². The zero-order chi connectivity index (χ0) is 19.3. The normalized spacial score (nSPS) is 12.8. The van der Waals surface area contributed by atoms with Gasteiger partial charge in [0.15, 0.2) is 11.0 Å². The van der Waals surface area contributed by atoms with Gasteiger partial charge < -0.3 is 0 Å². The van der Waals surface area contributed by atoms with E-state index in [1.165, 1.54) is 0 Å². The molecule has 2 rings (SSSR count). The predicted molar refractivity (Wildman–Crippen MR) is 109 cm³/mol. The van der Waals surface area contributed by atoms with Crippen LogP contribution in [0.15, 0.2) is 47.4 Å². The van der Waals surface area contributed by atoms with Crippen LogP contribution in [0.4, 0.5) is 5.69 Å². The summed E-state index contributed by atoms with van der Waals surface area (Å²) in [4.78, 5) is 0.539. The quantitative estimate of drug-likeness (QED) is 0.604. The first kappa shape index (κ1) is 21.5. The van der Waals surface area contributed by atoms with Crippen molar-refractivity contribution < 1.29 is 12.6 Å². The largest absolute Gasteiger partial charge is 0.286 e. The molecule has 0 radical (unpaired) electrons. The van der Waals surface area contributed by atoms with Crippen LogP contribution < -0.4 is 9.44 Å². The summed E-state index contributed by atoms with van der Waals surface area (Å²) in [6.45, 7) is 0.310. The summed E-state index contributed by atoms with van der Waals surface area (Å²) < 4.78 is 36.8. The molecule has 2 N–H and O–H groups in total. The van der Waals surface area contributed by atoms with Gasteiger partial charge >= 0.3 is 0 Å². The maximum Gasteiger partial charge on any atom is 0.209 e. The second-order valence-electron chi connectivity index (χ2n) is 5.48. The number of rotatable bonds is 8. The number of anilines is 1. The zero-order valence-corrected chi connectivity index (χ0v) is 17.5. The molecule has 0 aliphatic carbocycles. The molecular formula is C16H17Cl3N2O3S2. The van der Waals surface area contributed by atoms with Gasteiger partial charge in [-0.15, -0.1) is 0 Å². The van der Waals surface area contributed by atoms with E-state index in [2.05, 4.69) is 0 Å². The molecule has 0 saturated carbocycles. The van der Waals surface area contributed by atoms with Gasteiger partial charge in [-0.25, -0.2) is 17.8 Å². The fraction of sp³-hybridized carbons (Fsp3) is 0.250. The maximum absolute atomic E-state index is 13.1. The van der Waals surface area contributed by atoms with E-state index in [9.17, 15) is 12.6 Å². The van der Waals surface area contributed by atoms with Gasteiger partial charge in [-0.3, -0.25) is 4.31 Å². The van der Waals surface area contributed by atoms with Gasteiger partial charge in [0.1, 0.15) is 0 Å². The van der Waals surface area contributed by atoms with E-state index in [0.717, 1.165) is 0 Å². The van der Waals surface area contributed by atoms with E-state index >= 15 is 0 Å². The van der Waals surface area contributed by atoms with Crippen LogP contribution in [0.2, 0.25) is 15.1 Å². The van der Waals surface area contributed by atoms with Crippen LogP contribution in [0, 0.1) is 0 Å². The minimum atomic E-state index is -3.53. The lowest BCUT2D eigenvalue weighted by atomic mass is 10.3. The molecule has 2 aromatic rings. The molecule has 0 spiro atoms. The monoisotopic (exact) mass is 454 g/mol.